The predicted octanol–water partition coefficient (Wildman–Crippen LogP) is 5.52. The topological polar surface area (TPSA) is 54.4 Å². The van der Waals surface area contributed by atoms with E-state index in [-0.39, 0.29) is 22.8 Å². The highest BCUT2D eigenvalue weighted by molar-refractivity contribution is 9.09. The molecule has 4 aromatic rings. The summed E-state index contributed by atoms with van der Waals surface area (Å²) < 4.78 is 36.6. The first-order valence-electron chi connectivity index (χ1n) is 12.8. The molecule has 37 heavy (non-hydrogen) atoms. The van der Waals surface area contributed by atoms with E-state index >= 15 is 4.39 Å². The Bertz CT molecular complexity index is 1510. The number of fused-ring (bicyclic) bond motifs is 3. The summed E-state index contributed by atoms with van der Waals surface area (Å²) in [6.45, 7) is 3.12. The molecule has 0 radical (unpaired) electrons. The quantitative estimate of drug-likeness (QED) is 0.297. The third kappa shape index (κ3) is 3.85. The fourth-order valence-electron chi connectivity index (χ4n) is 6.19. The van der Waals surface area contributed by atoms with Crippen molar-refractivity contribution in [3.8, 4) is 17.3 Å². The van der Waals surface area contributed by atoms with Crippen LogP contribution in [0.3, 0.4) is 0 Å². The highest BCUT2D eigenvalue weighted by Gasteiger charge is 2.49. The maximum atomic E-state index is 16.2. The average Bonchev–Trinajstić information content (AvgIpc) is 3.41. The lowest BCUT2D eigenvalue weighted by molar-refractivity contribution is 0.107. The molecule has 3 aliphatic heterocycles. The van der Waals surface area contributed by atoms with Crippen molar-refractivity contribution in [1.29, 1.82) is 0 Å². The van der Waals surface area contributed by atoms with E-state index in [2.05, 4.69) is 35.7 Å². The molecule has 5 heterocycles. The summed E-state index contributed by atoms with van der Waals surface area (Å²) in [5.41, 5.74) is 0.815. The van der Waals surface area contributed by atoms with E-state index in [1.54, 1.807) is 6.20 Å². The number of aromatic nitrogens is 3. The minimum absolute atomic E-state index is 0.123. The van der Waals surface area contributed by atoms with Gasteiger partial charge in [-0.05, 0) is 30.2 Å². The van der Waals surface area contributed by atoms with E-state index in [4.69, 9.17) is 9.72 Å². The lowest BCUT2D eigenvalue weighted by Gasteiger charge is -2.37. The molecule has 0 amide bonds. The van der Waals surface area contributed by atoms with Crippen molar-refractivity contribution in [1.82, 2.24) is 19.9 Å². The molecular weight excluding hydrogens is 540 g/mol. The maximum absolute atomic E-state index is 16.2. The molecule has 6 nitrogen and oxygen atoms in total. The average molecular weight is 566 g/mol. The monoisotopic (exact) mass is 565 g/mol. The molecule has 0 N–H and O–H groups in total. The van der Waals surface area contributed by atoms with Crippen molar-refractivity contribution in [3.63, 3.8) is 0 Å². The number of hydrogen-bond acceptors (Lipinski definition) is 6. The zero-order valence-electron chi connectivity index (χ0n) is 20.2. The van der Waals surface area contributed by atoms with Gasteiger partial charge in [0.05, 0.1) is 10.9 Å². The predicted molar refractivity (Wildman–Crippen MR) is 144 cm³/mol. The molecule has 2 aromatic heterocycles. The van der Waals surface area contributed by atoms with E-state index < -0.39 is 12.0 Å². The van der Waals surface area contributed by atoms with Crippen LogP contribution in [-0.4, -0.2) is 69.2 Å². The van der Waals surface area contributed by atoms with Crippen molar-refractivity contribution in [2.75, 3.05) is 37.7 Å². The Labute approximate surface area is 221 Å². The van der Waals surface area contributed by atoms with Gasteiger partial charge in [-0.3, -0.25) is 9.88 Å². The van der Waals surface area contributed by atoms with Gasteiger partial charge in [0.2, 0.25) is 0 Å². The molecule has 2 atom stereocenters. The number of anilines is 1. The van der Waals surface area contributed by atoms with Crippen LogP contribution in [0.5, 0.6) is 6.01 Å². The first-order chi connectivity index (χ1) is 18.0. The highest BCUT2D eigenvalue weighted by atomic mass is 79.9. The van der Waals surface area contributed by atoms with Crippen molar-refractivity contribution in [2.24, 2.45) is 0 Å². The molecule has 190 valence electrons. The number of nitrogens with zero attached hydrogens (tertiary/aromatic N) is 5. The Hall–Kier alpha value is -2.91. The summed E-state index contributed by atoms with van der Waals surface area (Å²) in [4.78, 5) is 18.4. The zero-order valence-corrected chi connectivity index (χ0v) is 21.8. The molecule has 3 saturated heterocycles. The molecule has 9 heteroatoms. The van der Waals surface area contributed by atoms with E-state index in [0.29, 0.717) is 41.2 Å². The molecular formula is C28H26BrF2N5O. The number of pyridine rings is 1. The van der Waals surface area contributed by atoms with Gasteiger partial charge in [-0.25, -0.2) is 8.78 Å². The molecule has 3 aliphatic rings. The van der Waals surface area contributed by atoms with Gasteiger partial charge in [-0.1, -0.05) is 58.4 Å². The minimum atomic E-state index is -0.847. The molecule has 0 spiro atoms. The second-order valence-corrected chi connectivity index (χ2v) is 11.7. The molecule has 0 bridgehead atoms. The van der Waals surface area contributed by atoms with Crippen LogP contribution in [0, 0.1) is 5.82 Å². The van der Waals surface area contributed by atoms with Crippen molar-refractivity contribution in [2.45, 2.75) is 35.8 Å². The number of hydrogen-bond donors (Lipinski definition) is 0. The number of ether oxygens (including phenoxy) is 1. The Morgan fingerprint density at radius 1 is 1.05 bits per heavy atom. The van der Waals surface area contributed by atoms with Gasteiger partial charge < -0.3 is 9.64 Å². The van der Waals surface area contributed by atoms with Gasteiger partial charge in [0, 0.05) is 42.6 Å². The second kappa shape index (κ2) is 8.84. The zero-order chi connectivity index (χ0) is 25.1. The van der Waals surface area contributed by atoms with Gasteiger partial charge in [-0.15, -0.1) is 0 Å². The van der Waals surface area contributed by atoms with Crippen LogP contribution in [0.4, 0.5) is 14.6 Å². The third-order valence-corrected chi connectivity index (χ3v) is 8.63. The number of halogens is 3. The van der Waals surface area contributed by atoms with Crippen LogP contribution in [0.15, 0.2) is 48.7 Å². The summed E-state index contributed by atoms with van der Waals surface area (Å²) in [5.74, 6) is 0.116. The summed E-state index contributed by atoms with van der Waals surface area (Å²) in [6.07, 6.45) is 3.18. The first-order valence-corrected chi connectivity index (χ1v) is 13.7. The van der Waals surface area contributed by atoms with Crippen molar-refractivity contribution in [3.05, 3.63) is 54.5 Å². The van der Waals surface area contributed by atoms with Crippen molar-refractivity contribution < 1.29 is 13.5 Å². The van der Waals surface area contributed by atoms with Gasteiger partial charge in [0.25, 0.3) is 0 Å². The van der Waals surface area contributed by atoms with Gasteiger partial charge >= 0.3 is 6.01 Å². The Balaban J connectivity index is 1.32. The highest BCUT2D eigenvalue weighted by Crippen LogP contribution is 2.41. The summed E-state index contributed by atoms with van der Waals surface area (Å²) in [7, 11) is 0. The fourth-order valence-corrected chi connectivity index (χ4v) is 6.89. The SMILES string of the molecule is Fc1c(-c2cccc3ccccc23)ncc2c(N3CC(Br)C3)nc(OC[C@@]34CCCN3C[C@H](F)C4)nc12. The van der Waals surface area contributed by atoms with E-state index in [1.807, 2.05) is 42.5 Å². The van der Waals surface area contributed by atoms with Crippen LogP contribution >= 0.6 is 15.9 Å². The van der Waals surface area contributed by atoms with Crippen LogP contribution < -0.4 is 9.64 Å². The van der Waals surface area contributed by atoms with Crippen LogP contribution in [0.25, 0.3) is 32.9 Å². The largest absolute Gasteiger partial charge is 0.461 e. The summed E-state index contributed by atoms with van der Waals surface area (Å²) in [5, 5.41) is 2.49. The van der Waals surface area contributed by atoms with Gasteiger partial charge in [-0.2, -0.15) is 9.97 Å². The van der Waals surface area contributed by atoms with E-state index in [1.165, 1.54) is 0 Å². The van der Waals surface area contributed by atoms with Crippen molar-refractivity contribution >= 4 is 43.4 Å². The van der Waals surface area contributed by atoms with Gasteiger partial charge in [0.15, 0.2) is 5.82 Å². The maximum Gasteiger partial charge on any atom is 0.319 e. The van der Waals surface area contributed by atoms with Crippen LogP contribution in [0.2, 0.25) is 0 Å². The Morgan fingerprint density at radius 2 is 1.89 bits per heavy atom. The minimum Gasteiger partial charge on any atom is -0.461 e. The number of benzene rings is 2. The third-order valence-electron chi connectivity index (χ3n) is 8.06. The molecule has 0 saturated carbocycles. The fraction of sp³-hybridized carbons (Fsp3) is 0.393. The number of rotatable bonds is 5. The molecule has 3 fully saturated rings. The lowest BCUT2D eigenvalue weighted by Crippen LogP contribution is -2.48. The molecule has 0 aliphatic carbocycles. The standard InChI is InChI=1S/C28H26BrF2N5O/c29-18-13-35(14-18)26-22-12-32-24(21-8-3-6-17-5-1-2-7-20(17)21)23(31)25(22)33-27(34-26)37-16-28-9-4-10-36(28)15-19(30)11-28/h1-3,5-8,12,18-19H,4,9-11,13-16H2/t19-,28+/m1/s1. The summed E-state index contributed by atoms with van der Waals surface area (Å²) >= 11 is 3.62. The molecule has 7 rings (SSSR count). The normalized spacial score (nSPS) is 24.1. The molecule has 2 aromatic carbocycles. The number of alkyl halides is 2. The first kappa shape index (κ1) is 23.2. The lowest BCUT2D eigenvalue weighted by atomic mass is 9.95. The van der Waals surface area contributed by atoms with E-state index in [9.17, 15) is 4.39 Å². The molecule has 0 unspecified atom stereocenters. The summed E-state index contributed by atoms with van der Waals surface area (Å²) in [6, 6.07) is 13.8. The van der Waals surface area contributed by atoms with Gasteiger partial charge in [0.1, 0.15) is 29.8 Å². The van der Waals surface area contributed by atoms with E-state index in [0.717, 1.165) is 43.2 Å². The van der Waals surface area contributed by atoms with Crippen LogP contribution in [0.1, 0.15) is 19.3 Å². The Morgan fingerprint density at radius 3 is 2.76 bits per heavy atom. The smallest absolute Gasteiger partial charge is 0.319 e. The van der Waals surface area contributed by atoms with Crippen LogP contribution in [-0.2, 0) is 0 Å². The second-order valence-electron chi connectivity index (χ2n) is 10.4. The Kier molecular flexibility index (Phi) is 5.55.